The summed E-state index contributed by atoms with van der Waals surface area (Å²) in [7, 11) is 2.08. The third-order valence-electron chi connectivity index (χ3n) is 5.36. The summed E-state index contributed by atoms with van der Waals surface area (Å²) in [6.07, 6.45) is 3.28. The van der Waals surface area contributed by atoms with Crippen LogP contribution in [0.25, 0.3) is 10.9 Å². The van der Waals surface area contributed by atoms with Gasteiger partial charge in [0, 0.05) is 18.4 Å². The number of anilines is 2. The quantitative estimate of drug-likeness (QED) is 0.240. The molecule has 36 heavy (non-hydrogen) atoms. The lowest BCUT2D eigenvalue weighted by Gasteiger charge is -2.22. The van der Waals surface area contributed by atoms with Gasteiger partial charge in [-0.1, -0.05) is 30.7 Å². The minimum Gasteiger partial charge on any atom is -0.489 e. The van der Waals surface area contributed by atoms with Crippen molar-refractivity contribution >= 4 is 58.8 Å². The average molecular weight is 551 g/mol. The molecule has 192 valence electrons. The summed E-state index contributed by atoms with van der Waals surface area (Å²) in [5.74, 6) is 1.97. The molecular formula is C26H30Cl3N5O2. The van der Waals surface area contributed by atoms with E-state index in [1.807, 2.05) is 54.6 Å². The smallest absolute Gasteiger partial charge is 0.145 e. The highest BCUT2D eigenvalue weighted by Gasteiger charge is 2.14. The second kappa shape index (κ2) is 14.0. The van der Waals surface area contributed by atoms with Crippen LogP contribution in [0.15, 0.2) is 67.1 Å². The molecule has 1 N–H and O–H groups in total. The van der Waals surface area contributed by atoms with Gasteiger partial charge in [-0.2, -0.15) is 0 Å². The van der Waals surface area contributed by atoms with E-state index >= 15 is 0 Å². The third-order valence-corrected chi connectivity index (χ3v) is 5.65. The predicted octanol–water partition coefficient (Wildman–Crippen LogP) is 6.56. The first kappa shape index (κ1) is 29.4. The molecule has 0 bridgehead atoms. The number of fused-ring (bicyclic) bond motifs is 1. The molecule has 0 fully saturated rings. The van der Waals surface area contributed by atoms with Gasteiger partial charge in [0.05, 0.1) is 21.6 Å². The van der Waals surface area contributed by atoms with Gasteiger partial charge in [-0.15, -0.1) is 24.8 Å². The van der Waals surface area contributed by atoms with Crippen LogP contribution in [-0.4, -0.2) is 46.1 Å². The van der Waals surface area contributed by atoms with Gasteiger partial charge in [0.1, 0.15) is 36.4 Å². The Bertz CT molecular complexity index is 1240. The van der Waals surface area contributed by atoms with E-state index in [1.165, 1.54) is 6.33 Å². The number of rotatable bonds is 10. The van der Waals surface area contributed by atoms with Crippen LogP contribution in [0.3, 0.4) is 0 Å². The van der Waals surface area contributed by atoms with E-state index in [1.54, 1.807) is 6.20 Å². The maximum absolute atomic E-state index is 6.49. The first-order valence-electron chi connectivity index (χ1n) is 11.2. The van der Waals surface area contributed by atoms with E-state index in [9.17, 15) is 0 Å². The van der Waals surface area contributed by atoms with Gasteiger partial charge in [0.2, 0.25) is 0 Å². The Morgan fingerprint density at radius 1 is 1.00 bits per heavy atom. The van der Waals surface area contributed by atoms with Crippen molar-refractivity contribution in [2.75, 3.05) is 25.5 Å². The van der Waals surface area contributed by atoms with E-state index in [0.29, 0.717) is 23.2 Å². The maximum Gasteiger partial charge on any atom is 0.145 e. The third kappa shape index (κ3) is 7.58. The van der Waals surface area contributed by atoms with Crippen molar-refractivity contribution < 1.29 is 9.47 Å². The lowest BCUT2D eigenvalue weighted by molar-refractivity contribution is 0.168. The molecule has 2 aromatic carbocycles. The second-order valence-electron chi connectivity index (χ2n) is 8.04. The molecule has 0 spiro atoms. The van der Waals surface area contributed by atoms with Crippen LogP contribution in [-0.2, 0) is 6.61 Å². The molecule has 0 amide bonds. The van der Waals surface area contributed by atoms with Crippen molar-refractivity contribution in [1.82, 2.24) is 19.9 Å². The van der Waals surface area contributed by atoms with Crippen molar-refractivity contribution in [3.05, 3.63) is 77.8 Å². The topological polar surface area (TPSA) is 72.4 Å². The summed E-state index contributed by atoms with van der Waals surface area (Å²) in [4.78, 5) is 15.4. The van der Waals surface area contributed by atoms with E-state index in [0.717, 1.165) is 41.1 Å². The molecule has 4 rings (SSSR count). The Hall–Kier alpha value is -2.84. The van der Waals surface area contributed by atoms with Crippen molar-refractivity contribution in [3.8, 4) is 11.5 Å². The number of pyridine rings is 1. The highest BCUT2D eigenvalue weighted by atomic mass is 35.5. The largest absolute Gasteiger partial charge is 0.489 e. The van der Waals surface area contributed by atoms with Gasteiger partial charge in [-0.25, -0.2) is 9.97 Å². The van der Waals surface area contributed by atoms with Gasteiger partial charge < -0.3 is 19.7 Å². The second-order valence-corrected chi connectivity index (χ2v) is 8.44. The molecule has 0 aliphatic rings. The zero-order valence-electron chi connectivity index (χ0n) is 20.3. The molecule has 0 saturated heterocycles. The summed E-state index contributed by atoms with van der Waals surface area (Å²) in [5.41, 5.74) is 2.41. The molecule has 0 unspecified atom stereocenters. The highest BCUT2D eigenvalue weighted by molar-refractivity contribution is 6.32. The minimum atomic E-state index is 0. The maximum atomic E-state index is 6.49. The van der Waals surface area contributed by atoms with Crippen LogP contribution in [0.1, 0.15) is 19.5 Å². The molecule has 10 heteroatoms. The fourth-order valence-corrected chi connectivity index (χ4v) is 3.80. The predicted molar refractivity (Wildman–Crippen MR) is 151 cm³/mol. The summed E-state index contributed by atoms with van der Waals surface area (Å²) in [5, 5.41) is 4.67. The SMILES string of the molecule is CCN(C)C[C@@H](C)Oc1cccc2ncnc(Nc3ccc(OCc4ccccn4)c(Cl)c3)c12.Cl.Cl. The fourth-order valence-electron chi connectivity index (χ4n) is 3.56. The molecule has 2 heterocycles. The lowest BCUT2D eigenvalue weighted by Crippen LogP contribution is -2.30. The lowest BCUT2D eigenvalue weighted by atomic mass is 10.2. The van der Waals surface area contributed by atoms with Crippen molar-refractivity contribution in [3.63, 3.8) is 0 Å². The minimum absolute atomic E-state index is 0. The summed E-state index contributed by atoms with van der Waals surface area (Å²) >= 11 is 6.49. The molecule has 2 aromatic heterocycles. The number of nitrogens with one attached hydrogen (secondary N) is 1. The van der Waals surface area contributed by atoms with E-state index < -0.39 is 0 Å². The number of aromatic nitrogens is 3. The summed E-state index contributed by atoms with van der Waals surface area (Å²) in [6.45, 7) is 6.31. The monoisotopic (exact) mass is 549 g/mol. The molecule has 0 aliphatic heterocycles. The molecule has 0 radical (unpaired) electrons. The van der Waals surface area contributed by atoms with E-state index in [4.69, 9.17) is 21.1 Å². The Morgan fingerprint density at radius 3 is 2.56 bits per heavy atom. The number of hydrogen-bond donors (Lipinski definition) is 1. The first-order chi connectivity index (χ1) is 16.5. The zero-order valence-corrected chi connectivity index (χ0v) is 22.7. The van der Waals surface area contributed by atoms with Gasteiger partial charge >= 0.3 is 0 Å². The fraction of sp³-hybridized carbons (Fsp3) is 0.269. The Kier molecular flexibility index (Phi) is 11.5. The van der Waals surface area contributed by atoms with Crippen LogP contribution < -0.4 is 14.8 Å². The molecular weight excluding hydrogens is 521 g/mol. The van der Waals surface area contributed by atoms with Gasteiger partial charge in [0.25, 0.3) is 0 Å². The van der Waals surface area contributed by atoms with Gasteiger partial charge in [-0.3, -0.25) is 4.98 Å². The Balaban J connectivity index is 0.00000228. The van der Waals surface area contributed by atoms with Crippen molar-refractivity contribution in [1.29, 1.82) is 0 Å². The Morgan fingerprint density at radius 2 is 1.83 bits per heavy atom. The van der Waals surface area contributed by atoms with Crippen molar-refractivity contribution in [2.45, 2.75) is 26.6 Å². The van der Waals surface area contributed by atoms with Crippen molar-refractivity contribution in [2.24, 2.45) is 0 Å². The molecule has 1 atom stereocenters. The van der Waals surface area contributed by atoms with E-state index in [2.05, 4.69) is 46.1 Å². The standard InChI is InChI=1S/C26H28ClN5O2.2ClH/c1-4-32(3)15-18(2)34-24-10-7-9-22-25(24)26(30-17-29-22)31-19-11-12-23(21(27)14-19)33-16-20-8-5-6-13-28-20;;/h5-14,17-18H,4,15-16H2,1-3H3,(H,29,30,31);2*1H/t18-;;/m1../s1. The first-order valence-corrected chi connectivity index (χ1v) is 11.6. The Labute approximate surface area is 229 Å². The summed E-state index contributed by atoms with van der Waals surface area (Å²) < 4.78 is 12.1. The van der Waals surface area contributed by atoms with Crippen LogP contribution in [0.2, 0.25) is 5.02 Å². The molecule has 7 nitrogen and oxygen atoms in total. The highest BCUT2D eigenvalue weighted by Crippen LogP contribution is 2.34. The van der Waals surface area contributed by atoms with Crippen LogP contribution in [0.5, 0.6) is 11.5 Å². The number of benzene rings is 2. The van der Waals surface area contributed by atoms with Crippen LogP contribution in [0.4, 0.5) is 11.5 Å². The number of nitrogens with zero attached hydrogens (tertiary/aromatic N) is 4. The number of ether oxygens (including phenoxy) is 2. The molecule has 0 aliphatic carbocycles. The zero-order chi connectivity index (χ0) is 23.9. The molecule has 0 saturated carbocycles. The van der Waals surface area contributed by atoms with Gasteiger partial charge in [0.15, 0.2) is 0 Å². The number of halogens is 3. The van der Waals surface area contributed by atoms with Crippen LogP contribution in [0, 0.1) is 0 Å². The number of likely N-dealkylation sites (N-methyl/N-ethyl adjacent to an activating group) is 1. The van der Waals surface area contributed by atoms with Gasteiger partial charge in [-0.05, 0) is 63.0 Å². The average Bonchev–Trinajstić information content (AvgIpc) is 2.84. The summed E-state index contributed by atoms with van der Waals surface area (Å²) in [6, 6.07) is 17.1. The number of hydrogen-bond acceptors (Lipinski definition) is 7. The normalized spacial score (nSPS) is 11.4. The van der Waals surface area contributed by atoms with E-state index in [-0.39, 0.29) is 30.9 Å². The van der Waals surface area contributed by atoms with Crippen LogP contribution >= 0.6 is 36.4 Å². The molecule has 4 aromatic rings.